The summed E-state index contributed by atoms with van der Waals surface area (Å²) in [5, 5.41) is 20.6. The van der Waals surface area contributed by atoms with E-state index in [0.29, 0.717) is 6.04 Å². The molecular weight excluding hydrogens is 862 g/mol. The number of halogens is 8. The van der Waals surface area contributed by atoms with Crippen molar-refractivity contribution in [1.29, 1.82) is 0 Å². The topological polar surface area (TPSA) is 203 Å². The number of carboxylic acid groups (broad SMARTS) is 2. The normalized spacial score (nSPS) is 11.9. The average molecular weight is 907 g/mol. The third-order valence-corrected chi connectivity index (χ3v) is 8.48. The molecule has 1 aromatic carbocycles. The number of likely N-dealkylation sites (N-methyl/N-ethyl adjacent to an activating group) is 1. The van der Waals surface area contributed by atoms with Crippen LogP contribution < -0.4 is 21.5 Å². The van der Waals surface area contributed by atoms with Crippen molar-refractivity contribution < 1.29 is 50.9 Å². The van der Waals surface area contributed by atoms with Gasteiger partial charge in [0.2, 0.25) is 0 Å². The number of unbranched alkanes of at least 4 members (excludes halogenated alkanes) is 7. The standard InChI is InChI=1S/C21H38N2O.2C6H3BrF3N3O2/c1-5-6-7-8-9-10-11-12-17-22-18-21(23(2)3)19-13-15-20(24-4)16-14-19;2*7-3-2(6(8,9)10)13-4(11)1(12-3)5(14)15/h13-16,21-22H,5-12,17-18H2,1-4H3;2*(H2,11,13)(H,14,15). The second kappa shape index (κ2) is 23.2. The Labute approximate surface area is 325 Å². The van der Waals surface area contributed by atoms with E-state index in [1.54, 1.807) is 7.11 Å². The van der Waals surface area contributed by atoms with Crippen molar-refractivity contribution in [1.82, 2.24) is 30.2 Å². The summed E-state index contributed by atoms with van der Waals surface area (Å²) in [6, 6.07) is 8.84. The Bertz CT molecular complexity index is 1560. The van der Waals surface area contributed by atoms with Crippen molar-refractivity contribution >= 4 is 55.4 Å². The largest absolute Gasteiger partial charge is 0.497 e. The zero-order chi connectivity index (χ0) is 41.2. The number of carbonyl (C=O) groups is 2. The van der Waals surface area contributed by atoms with Gasteiger partial charge in [0.25, 0.3) is 0 Å². The van der Waals surface area contributed by atoms with Crippen LogP contribution in [0.3, 0.4) is 0 Å². The van der Waals surface area contributed by atoms with Crippen LogP contribution in [0.4, 0.5) is 38.0 Å². The molecule has 0 saturated heterocycles. The van der Waals surface area contributed by atoms with Gasteiger partial charge in [-0.1, -0.05) is 64.0 Å². The molecule has 0 spiro atoms. The number of benzene rings is 1. The molecule has 0 aliphatic heterocycles. The summed E-state index contributed by atoms with van der Waals surface area (Å²) in [4.78, 5) is 35.3. The van der Waals surface area contributed by atoms with Crippen LogP contribution in [-0.2, 0) is 12.4 Å². The van der Waals surface area contributed by atoms with Crippen LogP contribution in [0, 0.1) is 0 Å². The fourth-order valence-corrected chi connectivity index (χ4v) is 5.56. The molecule has 2 heterocycles. The maximum atomic E-state index is 12.2. The van der Waals surface area contributed by atoms with E-state index in [9.17, 15) is 35.9 Å². The monoisotopic (exact) mass is 904 g/mol. The fraction of sp³-hybridized carbons (Fsp3) is 0.515. The van der Waals surface area contributed by atoms with Gasteiger partial charge in [-0.2, -0.15) is 26.3 Å². The molecule has 0 radical (unpaired) electrons. The molecular formula is C33H44Br2F6N8O5. The first-order chi connectivity index (χ1) is 25.1. The van der Waals surface area contributed by atoms with Crippen molar-refractivity contribution in [3.05, 3.63) is 61.8 Å². The Morgan fingerprint density at radius 2 is 1.19 bits per heavy atom. The van der Waals surface area contributed by atoms with Gasteiger partial charge in [0.1, 0.15) is 15.0 Å². The summed E-state index contributed by atoms with van der Waals surface area (Å²) in [7, 11) is 6.00. The van der Waals surface area contributed by atoms with Crippen LogP contribution in [0.1, 0.15) is 102 Å². The van der Waals surface area contributed by atoms with E-state index in [2.05, 4.69) is 95.2 Å². The summed E-state index contributed by atoms with van der Waals surface area (Å²) in [6.07, 6.45) is 1.54. The lowest BCUT2D eigenvalue weighted by Crippen LogP contribution is -2.31. The number of aromatic carboxylic acids is 2. The number of nitrogens with one attached hydrogen (secondary N) is 1. The van der Waals surface area contributed by atoms with Gasteiger partial charge >= 0.3 is 24.3 Å². The quantitative estimate of drug-likeness (QED) is 0.0682. The average Bonchev–Trinajstić information content (AvgIpc) is 3.08. The molecule has 302 valence electrons. The second-order valence-corrected chi connectivity index (χ2v) is 13.2. The number of alkyl halides is 6. The van der Waals surface area contributed by atoms with Gasteiger partial charge in [-0.25, -0.2) is 29.5 Å². The molecule has 3 aromatic rings. The third-order valence-electron chi connectivity index (χ3n) is 7.37. The number of hydrogen-bond acceptors (Lipinski definition) is 11. The zero-order valence-electron chi connectivity index (χ0n) is 30.0. The predicted molar refractivity (Wildman–Crippen MR) is 197 cm³/mol. The number of carboxylic acids is 2. The van der Waals surface area contributed by atoms with Crippen molar-refractivity contribution in [2.75, 3.05) is 45.8 Å². The molecule has 0 fully saturated rings. The fourth-order valence-electron chi connectivity index (χ4n) is 4.58. The van der Waals surface area contributed by atoms with Crippen molar-refractivity contribution in [2.24, 2.45) is 0 Å². The van der Waals surface area contributed by atoms with E-state index in [1.165, 1.54) is 56.9 Å². The SMILES string of the molecule is CCCCCCCCCCNCC(c1ccc(OC)cc1)N(C)C.Nc1nc(C(F)(F)F)c(Br)nc1C(=O)O.Nc1nc(C(F)(F)F)c(Br)nc1C(=O)O. The molecule has 0 amide bonds. The highest BCUT2D eigenvalue weighted by Gasteiger charge is 2.38. The van der Waals surface area contributed by atoms with E-state index in [4.69, 9.17) is 26.4 Å². The molecule has 1 atom stereocenters. The maximum Gasteiger partial charge on any atom is 0.436 e. The minimum atomic E-state index is -4.74. The molecule has 2 aromatic heterocycles. The van der Waals surface area contributed by atoms with Crippen LogP contribution in [-0.4, -0.2) is 81.3 Å². The molecule has 0 bridgehead atoms. The Kier molecular flexibility index (Phi) is 20.7. The number of nitrogen functional groups attached to an aromatic ring is 2. The molecule has 0 saturated carbocycles. The van der Waals surface area contributed by atoms with Crippen LogP contribution in [0.25, 0.3) is 0 Å². The van der Waals surface area contributed by atoms with Crippen LogP contribution in [0.2, 0.25) is 0 Å². The van der Waals surface area contributed by atoms with Crippen LogP contribution >= 0.6 is 31.9 Å². The zero-order valence-corrected chi connectivity index (χ0v) is 33.2. The van der Waals surface area contributed by atoms with Crippen molar-refractivity contribution in [2.45, 2.75) is 76.7 Å². The lowest BCUT2D eigenvalue weighted by atomic mass is 10.1. The van der Waals surface area contributed by atoms with E-state index in [-0.39, 0.29) is 0 Å². The lowest BCUT2D eigenvalue weighted by molar-refractivity contribution is -0.142. The van der Waals surface area contributed by atoms with Gasteiger partial charge in [0, 0.05) is 12.6 Å². The Morgan fingerprint density at radius 3 is 1.54 bits per heavy atom. The van der Waals surface area contributed by atoms with Gasteiger partial charge in [-0.3, -0.25) is 0 Å². The number of aromatic nitrogens is 4. The summed E-state index contributed by atoms with van der Waals surface area (Å²) in [5.41, 5.74) is 7.20. The van der Waals surface area contributed by atoms with Crippen LogP contribution in [0.15, 0.2) is 33.5 Å². The lowest BCUT2D eigenvalue weighted by Gasteiger charge is -2.25. The molecule has 7 N–H and O–H groups in total. The van der Waals surface area contributed by atoms with E-state index < -0.39 is 67.9 Å². The minimum Gasteiger partial charge on any atom is -0.497 e. The molecule has 3 rings (SSSR count). The predicted octanol–water partition coefficient (Wildman–Crippen LogP) is 8.10. The van der Waals surface area contributed by atoms with Crippen LogP contribution in [0.5, 0.6) is 5.75 Å². The Hall–Kier alpha value is -3.82. The first kappa shape index (κ1) is 48.2. The number of ether oxygens (including phenoxy) is 1. The molecule has 13 nitrogen and oxygen atoms in total. The third kappa shape index (κ3) is 16.7. The number of nitrogens with two attached hydrogens (primary N) is 2. The maximum absolute atomic E-state index is 12.2. The van der Waals surface area contributed by atoms with E-state index >= 15 is 0 Å². The molecule has 0 aliphatic rings. The number of methoxy groups -OCH3 is 1. The molecule has 0 aliphatic carbocycles. The highest BCUT2D eigenvalue weighted by atomic mass is 79.9. The second-order valence-electron chi connectivity index (χ2n) is 11.7. The number of nitrogens with zero attached hydrogens (tertiary/aromatic N) is 5. The van der Waals surface area contributed by atoms with E-state index in [1.807, 2.05) is 12.1 Å². The Morgan fingerprint density at radius 1 is 0.778 bits per heavy atom. The molecule has 1 unspecified atom stereocenters. The smallest absolute Gasteiger partial charge is 0.436 e. The number of anilines is 2. The van der Waals surface area contributed by atoms with Gasteiger partial charge in [0.05, 0.1) is 7.11 Å². The highest BCUT2D eigenvalue weighted by Crippen LogP contribution is 2.34. The van der Waals surface area contributed by atoms with Gasteiger partial charge in [0.15, 0.2) is 34.4 Å². The van der Waals surface area contributed by atoms with Gasteiger partial charge in [-0.05, 0) is 76.6 Å². The first-order valence-corrected chi connectivity index (χ1v) is 18.0. The number of hydrogen-bond donors (Lipinski definition) is 5. The summed E-state index contributed by atoms with van der Waals surface area (Å²) >= 11 is 4.95. The first-order valence-electron chi connectivity index (χ1n) is 16.4. The summed E-state index contributed by atoms with van der Waals surface area (Å²) < 4.78 is 77.2. The summed E-state index contributed by atoms with van der Waals surface area (Å²) in [5.74, 6) is -3.73. The highest BCUT2D eigenvalue weighted by molar-refractivity contribution is 9.10. The van der Waals surface area contributed by atoms with E-state index in [0.717, 1.165) is 18.8 Å². The molecule has 54 heavy (non-hydrogen) atoms. The van der Waals surface area contributed by atoms with Gasteiger partial charge < -0.3 is 36.6 Å². The van der Waals surface area contributed by atoms with Gasteiger partial charge in [-0.15, -0.1) is 0 Å². The molecule has 21 heteroatoms. The van der Waals surface area contributed by atoms with Crippen molar-refractivity contribution in [3.8, 4) is 5.75 Å². The van der Waals surface area contributed by atoms with Crippen molar-refractivity contribution in [3.63, 3.8) is 0 Å². The summed E-state index contributed by atoms with van der Waals surface area (Å²) in [6.45, 7) is 4.39. The number of rotatable bonds is 16. The minimum absolute atomic E-state index is 0.407. The Balaban J connectivity index is 0.000000424.